The lowest BCUT2D eigenvalue weighted by Gasteiger charge is -2.10. The molecule has 0 amide bonds. The highest BCUT2D eigenvalue weighted by Crippen LogP contribution is 2.30. The second kappa shape index (κ2) is 5.60. The molecule has 5 nitrogen and oxygen atoms in total. The average molecular weight is 288 g/mol. The molecule has 1 aromatic carbocycles. The first-order valence-electron chi connectivity index (χ1n) is 6.83. The van der Waals surface area contributed by atoms with E-state index in [1.54, 1.807) is 13.2 Å². The Morgan fingerprint density at radius 2 is 1.90 bits per heavy atom. The molecule has 21 heavy (non-hydrogen) atoms. The van der Waals surface area contributed by atoms with Crippen LogP contribution < -0.4 is 4.74 Å². The van der Waals surface area contributed by atoms with Crippen LogP contribution in [0.3, 0.4) is 0 Å². The topological polar surface area (TPSA) is 64.3 Å². The van der Waals surface area contributed by atoms with E-state index in [-0.39, 0.29) is 11.7 Å². The van der Waals surface area contributed by atoms with Gasteiger partial charge in [0, 0.05) is 11.6 Å². The fourth-order valence-corrected chi connectivity index (χ4v) is 2.36. The van der Waals surface area contributed by atoms with Crippen molar-refractivity contribution in [3.8, 4) is 17.0 Å². The van der Waals surface area contributed by atoms with Gasteiger partial charge in [-0.15, -0.1) is 0 Å². The van der Waals surface area contributed by atoms with Crippen molar-refractivity contribution in [3.63, 3.8) is 0 Å². The fraction of sp³-hybridized carbons (Fsp3) is 0.375. The minimum Gasteiger partial charge on any atom is -0.496 e. The maximum absolute atomic E-state index is 11.3. The van der Waals surface area contributed by atoms with Crippen molar-refractivity contribution >= 4 is 5.97 Å². The van der Waals surface area contributed by atoms with Crippen molar-refractivity contribution in [3.05, 3.63) is 35.0 Å². The number of methoxy groups -OCH3 is 1. The third-order valence-corrected chi connectivity index (χ3v) is 3.46. The van der Waals surface area contributed by atoms with Crippen LogP contribution in [0.2, 0.25) is 0 Å². The van der Waals surface area contributed by atoms with Crippen molar-refractivity contribution in [2.24, 2.45) is 0 Å². The number of carboxylic acids is 1. The van der Waals surface area contributed by atoms with Gasteiger partial charge in [0.25, 0.3) is 0 Å². The molecule has 1 heterocycles. The molecule has 5 heteroatoms. The number of hydrogen-bond acceptors (Lipinski definition) is 3. The van der Waals surface area contributed by atoms with Crippen LogP contribution in [0.1, 0.15) is 41.5 Å². The molecule has 0 aliphatic carbocycles. The van der Waals surface area contributed by atoms with Crippen molar-refractivity contribution in [2.45, 2.75) is 33.7 Å². The molecule has 0 spiro atoms. The predicted octanol–water partition coefficient (Wildman–Crippen LogP) is 3.45. The molecule has 2 aromatic rings. The summed E-state index contributed by atoms with van der Waals surface area (Å²) in [6.07, 6.45) is 0. The summed E-state index contributed by atoms with van der Waals surface area (Å²) in [4.78, 5) is 11.3. The second-order valence-electron chi connectivity index (χ2n) is 5.40. The average Bonchev–Trinajstić information content (AvgIpc) is 2.86. The Balaban J connectivity index is 2.60. The van der Waals surface area contributed by atoms with E-state index >= 15 is 0 Å². The van der Waals surface area contributed by atoms with Crippen LogP contribution in [0.5, 0.6) is 5.75 Å². The number of carboxylic acid groups (broad SMARTS) is 1. The maximum atomic E-state index is 11.3. The zero-order valence-electron chi connectivity index (χ0n) is 13.0. The van der Waals surface area contributed by atoms with E-state index < -0.39 is 5.97 Å². The molecule has 0 aliphatic heterocycles. The molecule has 2 rings (SSSR count). The standard InChI is InChI=1S/C16H20N2O3/c1-9(2)18-14(16(19)20)8-13(17-18)12-6-11(4)15(21-5)7-10(12)3/h6-9H,1-5H3,(H,19,20). The Morgan fingerprint density at radius 1 is 1.24 bits per heavy atom. The molecule has 1 aromatic heterocycles. The lowest BCUT2D eigenvalue weighted by Crippen LogP contribution is -2.11. The molecule has 1 N–H and O–H groups in total. The number of aromatic nitrogens is 2. The van der Waals surface area contributed by atoms with Crippen LogP contribution in [-0.4, -0.2) is 28.0 Å². The van der Waals surface area contributed by atoms with Gasteiger partial charge in [0.15, 0.2) is 0 Å². The number of aryl methyl sites for hydroxylation is 2. The highest BCUT2D eigenvalue weighted by Gasteiger charge is 2.18. The Bertz CT molecular complexity index is 687. The molecule has 0 atom stereocenters. The van der Waals surface area contributed by atoms with Crippen LogP contribution in [0.15, 0.2) is 18.2 Å². The molecule has 0 saturated heterocycles. The SMILES string of the molecule is COc1cc(C)c(-c2cc(C(=O)O)n(C(C)C)n2)cc1C. The number of carbonyl (C=O) groups is 1. The molecule has 112 valence electrons. The Hall–Kier alpha value is -2.30. The molecule has 0 fully saturated rings. The number of rotatable bonds is 4. The van der Waals surface area contributed by atoms with Crippen molar-refractivity contribution < 1.29 is 14.6 Å². The first-order valence-corrected chi connectivity index (χ1v) is 6.83. The summed E-state index contributed by atoms with van der Waals surface area (Å²) < 4.78 is 6.84. The predicted molar refractivity (Wildman–Crippen MR) is 81.0 cm³/mol. The van der Waals surface area contributed by atoms with Gasteiger partial charge in [-0.25, -0.2) is 4.79 Å². The smallest absolute Gasteiger partial charge is 0.354 e. The summed E-state index contributed by atoms with van der Waals surface area (Å²) >= 11 is 0. The zero-order valence-corrected chi connectivity index (χ0v) is 13.0. The molecular formula is C16H20N2O3. The molecule has 0 unspecified atom stereocenters. The Morgan fingerprint density at radius 3 is 2.38 bits per heavy atom. The lowest BCUT2D eigenvalue weighted by molar-refractivity contribution is 0.0681. The van der Waals surface area contributed by atoms with E-state index in [4.69, 9.17) is 4.74 Å². The number of ether oxygens (including phenoxy) is 1. The molecule has 0 radical (unpaired) electrons. The summed E-state index contributed by atoms with van der Waals surface area (Å²) in [5, 5.41) is 13.8. The Labute approximate surface area is 124 Å². The summed E-state index contributed by atoms with van der Waals surface area (Å²) in [5.74, 6) is -0.150. The number of nitrogens with zero attached hydrogens (tertiary/aromatic N) is 2. The highest BCUT2D eigenvalue weighted by molar-refractivity contribution is 5.87. The van der Waals surface area contributed by atoms with Gasteiger partial charge in [-0.2, -0.15) is 5.10 Å². The van der Waals surface area contributed by atoms with Gasteiger partial charge in [-0.3, -0.25) is 4.68 Å². The van der Waals surface area contributed by atoms with E-state index in [9.17, 15) is 9.90 Å². The van der Waals surface area contributed by atoms with Crippen molar-refractivity contribution in [2.75, 3.05) is 7.11 Å². The van der Waals surface area contributed by atoms with E-state index in [1.165, 1.54) is 4.68 Å². The van der Waals surface area contributed by atoms with Crippen LogP contribution in [0, 0.1) is 13.8 Å². The second-order valence-corrected chi connectivity index (χ2v) is 5.40. The van der Waals surface area contributed by atoms with Gasteiger partial charge in [-0.1, -0.05) is 0 Å². The maximum Gasteiger partial charge on any atom is 0.354 e. The summed E-state index contributed by atoms with van der Waals surface area (Å²) in [7, 11) is 1.64. The van der Waals surface area contributed by atoms with Gasteiger partial charge < -0.3 is 9.84 Å². The van der Waals surface area contributed by atoms with E-state index in [2.05, 4.69) is 5.10 Å². The van der Waals surface area contributed by atoms with Crippen molar-refractivity contribution in [1.82, 2.24) is 9.78 Å². The zero-order chi connectivity index (χ0) is 15.7. The molecular weight excluding hydrogens is 268 g/mol. The Kier molecular flexibility index (Phi) is 4.02. The lowest BCUT2D eigenvalue weighted by atomic mass is 10.0. The van der Waals surface area contributed by atoms with Gasteiger partial charge in [-0.05, 0) is 57.0 Å². The first kappa shape index (κ1) is 15.1. The number of benzene rings is 1. The van der Waals surface area contributed by atoms with Crippen molar-refractivity contribution in [1.29, 1.82) is 0 Å². The van der Waals surface area contributed by atoms with Crippen LogP contribution in [0.4, 0.5) is 0 Å². The molecule has 0 aliphatic rings. The first-order chi connectivity index (χ1) is 9.85. The third-order valence-electron chi connectivity index (χ3n) is 3.46. The van der Waals surface area contributed by atoms with E-state index in [1.807, 2.05) is 39.8 Å². The fourth-order valence-electron chi connectivity index (χ4n) is 2.36. The van der Waals surface area contributed by atoms with Gasteiger partial charge in [0.1, 0.15) is 11.4 Å². The summed E-state index contributed by atoms with van der Waals surface area (Å²) in [6.45, 7) is 7.75. The van der Waals surface area contributed by atoms with Crippen LogP contribution in [-0.2, 0) is 0 Å². The summed E-state index contributed by atoms with van der Waals surface area (Å²) in [5.41, 5.74) is 3.80. The minimum atomic E-state index is -0.967. The molecule has 0 saturated carbocycles. The van der Waals surface area contributed by atoms with Crippen LogP contribution >= 0.6 is 0 Å². The van der Waals surface area contributed by atoms with Gasteiger partial charge in [0.05, 0.1) is 12.8 Å². The summed E-state index contributed by atoms with van der Waals surface area (Å²) in [6, 6.07) is 5.53. The monoisotopic (exact) mass is 288 g/mol. The quantitative estimate of drug-likeness (QED) is 0.935. The van der Waals surface area contributed by atoms with E-state index in [0.717, 1.165) is 22.4 Å². The number of hydrogen-bond donors (Lipinski definition) is 1. The minimum absolute atomic E-state index is 0.00972. The van der Waals surface area contributed by atoms with E-state index in [0.29, 0.717) is 5.69 Å². The highest BCUT2D eigenvalue weighted by atomic mass is 16.5. The van der Waals surface area contributed by atoms with Gasteiger partial charge >= 0.3 is 5.97 Å². The molecule has 0 bridgehead atoms. The number of aromatic carboxylic acids is 1. The normalized spacial score (nSPS) is 11.0. The largest absolute Gasteiger partial charge is 0.496 e. The van der Waals surface area contributed by atoms with Gasteiger partial charge in [0.2, 0.25) is 0 Å². The third kappa shape index (κ3) is 2.77. The van der Waals surface area contributed by atoms with Crippen LogP contribution in [0.25, 0.3) is 11.3 Å².